The first kappa shape index (κ1) is 26.5. The molecule has 8 nitrogen and oxygen atoms in total. The Morgan fingerprint density at radius 3 is 2.51 bits per heavy atom. The van der Waals surface area contributed by atoms with Gasteiger partial charge in [-0.2, -0.15) is 0 Å². The van der Waals surface area contributed by atoms with Crippen LogP contribution in [0.5, 0.6) is 23.0 Å². The lowest BCUT2D eigenvalue weighted by molar-refractivity contribution is 0.132. The van der Waals surface area contributed by atoms with Gasteiger partial charge < -0.3 is 29.7 Å². The Labute approximate surface area is 219 Å². The van der Waals surface area contributed by atoms with Crippen LogP contribution in [0.2, 0.25) is 0 Å². The molecule has 1 saturated heterocycles. The number of urea groups is 1. The van der Waals surface area contributed by atoms with Gasteiger partial charge in [0.2, 0.25) is 0 Å². The van der Waals surface area contributed by atoms with Gasteiger partial charge in [0.25, 0.3) is 0 Å². The zero-order valence-corrected chi connectivity index (χ0v) is 22.3. The van der Waals surface area contributed by atoms with E-state index in [2.05, 4.69) is 34.4 Å². The second kappa shape index (κ2) is 12.6. The van der Waals surface area contributed by atoms with Crippen LogP contribution in [-0.2, 0) is 0 Å². The molecule has 2 aromatic carbocycles. The molecule has 4 rings (SSSR count). The standard InChI is InChI=1S/C29H38N4O4/c1-5-30-29(34)32-22-7-9-23(10-8-22)37-26-11-12-31-25-17-28(27(35-4)16-24(25)26)36-14-6-13-33-18-20(2)15-21(3)19-33/h7-12,16-17,20-21H,5-6,13-15,18-19H2,1-4H3,(H2,30,32,34). The minimum Gasteiger partial charge on any atom is -0.493 e. The number of fused-ring (bicyclic) bond motifs is 1. The van der Waals surface area contributed by atoms with Gasteiger partial charge in [0.05, 0.1) is 19.2 Å². The third-order valence-corrected chi connectivity index (χ3v) is 6.49. The van der Waals surface area contributed by atoms with Crippen LogP contribution in [0.15, 0.2) is 48.7 Å². The van der Waals surface area contributed by atoms with Crippen LogP contribution < -0.4 is 24.8 Å². The van der Waals surface area contributed by atoms with Crippen LogP contribution in [0, 0.1) is 11.8 Å². The van der Waals surface area contributed by atoms with E-state index >= 15 is 0 Å². The Kier molecular flexibility index (Phi) is 9.06. The third-order valence-electron chi connectivity index (χ3n) is 6.49. The van der Waals surface area contributed by atoms with Gasteiger partial charge in [-0.3, -0.25) is 4.98 Å². The molecule has 1 aliphatic rings. The molecule has 2 amide bonds. The molecule has 8 heteroatoms. The SMILES string of the molecule is CCNC(=O)Nc1ccc(Oc2ccnc3cc(OCCCN4CC(C)CC(C)C4)c(OC)cc23)cc1. The monoisotopic (exact) mass is 506 g/mol. The second-order valence-electron chi connectivity index (χ2n) is 9.85. The number of rotatable bonds is 10. The van der Waals surface area contributed by atoms with Crippen LogP contribution in [-0.4, -0.2) is 55.8 Å². The summed E-state index contributed by atoms with van der Waals surface area (Å²) in [6.07, 6.45) is 4.00. The highest BCUT2D eigenvalue weighted by Crippen LogP contribution is 2.37. The maximum absolute atomic E-state index is 11.7. The zero-order chi connectivity index (χ0) is 26.2. The first-order chi connectivity index (χ1) is 17.9. The molecule has 2 N–H and O–H groups in total. The molecule has 2 unspecified atom stereocenters. The van der Waals surface area contributed by atoms with Gasteiger partial charge in [-0.25, -0.2) is 4.79 Å². The Bertz CT molecular complexity index is 1170. The van der Waals surface area contributed by atoms with Crippen molar-refractivity contribution in [2.45, 2.75) is 33.6 Å². The third kappa shape index (κ3) is 7.26. The maximum atomic E-state index is 11.7. The Hall–Kier alpha value is -3.52. The Morgan fingerprint density at radius 1 is 1.05 bits per heavy atom. The number of anilines is 1. The normalized spacial score (nSPS) is 17.8. The van der Waals surface area contributed by atoms with Gasteiger partial charge in [0.15, 0.2) is 11.5 Å². The molecule has 1 aromatic heterocycles. The van der Waals surface area contributed by atoms with Crippen LogP contribution in [0.3, 0.4) is 0 Å². The van der Waals surface area contributed by atoms with Crippen LogP contribution >= 0.6 is 0 Å². The number of carbonyl (C=O) groups excluding carboxylic acids is 1. The van der Waals surface area contributed by atoms with Crippen molar-refractivity contribution < 1.29 is 19.0 Å². The lowest BCUT2D eigenvalue weighted by atomic mass is 9.92. The summed E-state index contributed by atoms with van der Waals surface area (Å²) in [6.45, 7) is 11.1. The highest BCUT2D eigenvalue weighted by Gasteiger charge is 2.21. The van der Waals surface area contributed by atoms with Crippen molar-refractivity contribution in [3.8, 4) is 23.0 Å². The number of nitrogens with zero attached hydrogens (tertiary/aromatic N) is 2. The van der Waals surface area contributed by atoms with E-state index in [1.807, 2.05) is 37.3 Å². The summed E-state index contributed by atoms with van der Waals surface area (Å²) in [5, 5.41) is 6.31. The average molecular weight is 507 g/mol. The number of hydrogen-bond acceptors (Lipinski definition) is 6. The number of pyridine rings is 1. The summed E-state index contributed by atoms with van der Waals surface area (Å²) >= 11 is 0. The number of benzene rings is 2. The molecule has 1 aliphatic heterocycles. The first-order valence-electron chi connectivity index (χ1n) is 13.1. The number of nitrogens with one attached hydrogen (secondary N) is 2. The van der Waals surface area contributed by atoms with Crippen LogP contribution in [0.4, 0.5) is 10.5 Å². The van der Waals surface area contributed by atoms with E-state index in [0.29, 0.717) is 41.8 Å². The van der Waals surface area contributed by atoms with Crippen molar-refractivity contribution in [2.24, 2.45) is 11.8 Å². The highest BCUT2D eigenvalue weighted by molar-refractivity contribution is 5.89. The molecule has 37 heavy (non-hydrogen) atoms. The number of likely N-dealkylation sites (tertiary alicyclic amines) is 1. The maximum Gasteiger partial charge on any atom is 0.319 e. The molecule has 1 fully saturated rings. The molecule has 0 saturated carbocycles. The van der Waals surface area contributed by atoms with Gasteiger partial charge in [0.1, 0.15) is 11.5 Å². The predicted molar refractivity (Wildman–Crippen MR) is 147 cm³/mol. The Morgan fingerprint density at radius 2 is 1.81 bits per heavy atom. The molecule has 0 bridgehead atoms. The zero-order valence-electron chi connectivity index (χ0n) is 22.3. The van der Waals surface area contributed by atoms with Crippen molar-refractivity contribution in [2.75, 3.05) is 45.2 Å². The summed E-state index contributed by atoms with van der Waals surface area (Å²) in [6, 6.07) is 12.6. The largest absolute Gasteiger partial charge is 0.493 e. The molecule has 3 aromatic rings. The molecular weight excluding hydrogens is 468 g/mol. The number of ether oxygens (including phenoxy) is 3. The van der Waals surface area contributed by atoms with Gasteiger partial charge in [-0.1, -0.05) is 13.8 Å². The van der Waals surface area contributed by atoms with Crippen molar-refractivity contribution >= 4 is 22.6 Å². The van der Waals surface area contributed by atoms with E-state index in [1.165, 1.54) is 19.5 Å². The van der Waals surface area contributed by atoms with Gasteiger partial charge in [-0.05, 0) is 68.0 Å². The highest BCUT2D eigenvalue weighted by atomic mass is 16.5. The lowest BCUT2D eigenvalue weighted by Crippen LogP contribution is -2.39. The molecular formula is C29H38N4O4. The van der Waals surface area contributed by atoms with E-state index in [-0.39, 0.29) is 6.03 Å². The van der Waals surface area contributed by atoms with E-state index in [1.54, 1.807) is 25.4 Å². The number of piperidine rings is 1. The Balaban J connectivity index is 1.40. The molecule has 2 heterocycles. The van der Waals surface area contributed by atoms with E-state index in [9.17, 15) is 4.79 Å². The van der Waals surface area contributed by atoms with E-state index < -0.39 is 0 Å². The summed E-state index contributed by atoms with van der Waals surface area (Å²) in [7, 11) is 1.64. The fraction of sp³-hybridized carbons (Fsp3) is 0.448. The second-order valence-corrected chi connectivity index (χ2v) is 9.85. The van der Waals surface area contributed by atoms with Crippen molar-refractivity contribution in [1.82, 2.24) is 15.2 Å². The van der Waals surface area contributed by atoms with Crippen molar-refractivity contribution in [1.29, 1.82) is 0 Å². The first-order valence-corrected chi connectivity index (χ1v) is 13.1. The minimum absolute atomic E-state index is 0.239. The number of carbonyl (C=O) groups is 1. The molecule has 2 atom stereocenters. The van der Waals surface area contributed by atoms with Gasteiger partial charge in [-0.15, -0.1) is 0 Å². The molecule has 0 aliphatic carbocycles. The summed E-state index contributed by atoms with van der Waals surface area (Å²) < 4.78 is 17.9. The quantitative estimate of drug-likeness (QED) is 0.332. The van der Waals surface area contributed by atoms with E-state index in [4.69, 9.17) is 14.2 Å². The van der Waals surface area contributed by atoms with Crippen molar-refractivity contribution in [3.05, 3.63) is 48.7 Å². The summed E-state index contributed by atoms with van der Waals surface area (Å²) in [5.74, 6) is 4.15. The number of hydrogen-bond donors (Lipinski definition) is 2. The van der Waals surface area contributed by atoms with Gasteiger partial charge in [0, 0.05) is 49.5 Å². The number of aromatic nitrogens is 1. The summed E-state index contributed by atoms with van der Waals surface area (Å²) in [4.78, 5) is 18.8. The molecule has 0 radical (unpaired) electrons. The molecule has 0 spiro atoms. The topological polar surface area (TPSA) is 85.0 Å². The average Bonchev–Trinajstić information content (AvgIpc) is 2.87. The summed E-state index contributed by atoms with van der Waals surface area (Å²) in [5.41, 5.74) is 1.45. The van der Waals surface area contributed by atoms with Gasteiger partial charge >= 0.3 is 6.03 Å². The predicted octanol–water partition coefficient (Wildman–Crippen LogP) is 5.92. The van der Waals surface area contributed by atoms with Crippen molar-refractivity contribution in [3.63, 3.8) is 0 Å². The lowest BCUT2D eigenvalue weighted by Gasteiger charge is -2.34. The van der Waals surface area contributed by atoms with E-state index in [0.717, 1.165) is 35.7 Å². The minimum atomic E-state index is -0.239. The fourth-order valence-electron chi connectivity index (χ4n) is 5.00. The number of amides is 2. The molecule has 198 valence electrons. The van der Waals surface area contributed by atoms with Crippen LogP contribution in [0.1, 0.15) is 33.6 Å². The number of methoxy groups -OCH3 is 1. The smallest absolute Gasteiger partial charge is 0.319 e. The van der Waals surface area contributed by atoms with Crippen LogP contribution in [0.25, 0.3) is 10.9 Å². The fourth-order valence-corrected chi connectivity index (χ4v) is 5.00.